The Labute approximate surface area is 456 Å². The fourth-order valence-electron chi connectivity index (χ4n) is 9.19. The summed E-state index contributed by atoms with van der Waals surface area (Å²) in [6.45, 7) is 16.9. The van der Waals surface area contributed by atoms with E-state index in [0.717, 1.165) is 30.4 Å². The van der Waals surface area contributed by atoms with Crippen LogP contribution in [0.4, 0.5) is 13.2 Å². The lowest BCUT2D eigenvalue weighted by Gasteiger charge is -2.35. The van der Waals surface area contributed by atoms with Crippen molar-refractivity contribution in [3.05, 3.63) is 89.5 Å². The normalized spacial score (nSPS) is 23.8. The molecule has 18 nitrogen and oxygen atoms in total. The zero-order chi connectivity index (χ0) is 58.5. The van der Waals surface area contributed by atoms with Crippen molar-refractivity contribution < 1.29 is 70.5 Å². The molecule has 8 atom stereocenters. The molecule has 0 unspecified atom stereocenters. The van der Waals surface area contributed by atoms with Crippen LogP contribution in [0.3, 0.4) is 0 Å². The molecule has 430 valence electrons. The number of hydrogen-bond donors (Lipinski definition) is 0. The molecular formula is C57H79F3N6O12. The van der Waals surface area contributed by atoms with Gasteiger partial charge in [0, 0.05) is 60.0 Å². The van der Waals surface area contributed by atoms with Gasteiger partial charge in [-0.3, -0.25) is 19.2 Å². The van der Waals surface area contributed by atoms with E-state index in [-0.39, 0.29) is 68.7 Å². The third-order valence-electron chi connectivity index (χ3n) is 13.5. The van der Waals surface area contributed by atoms with E-state index in [0.29, 0.717) is 16.7 Å². The Bertz CT molecular complexity index is 2520. The summed E-state index contributed by atoms with van der Waals surface area (Å²) in [6.07, 6.45) is -9.01. The van der Waals surface area contributed by atoms with Crippen LogP contribution < -0.4 is 0 Å². The largest absolute Gasteiger partial charge is 0.451 e. The van der Waals surface area contributed by atoms with E-state index < -0.39 is 108 Å². The summed E-state index contributed by atoms with van der Waals surface area (Å²) >= 11 is 0. The SMILES string of the molecule is CC(C)C[C@H]1C(=O)O[C@H](Cc2ccc(Cn3ccnc3C(F)(F)F)cc2)C(=O)N(C)[C@@H](CC(C)C)C(=O)O[C@H](C)C(=O)N(C)[C@@H](CC(C)C)C(=O)O[C@H](Cc2ccccc2)C(=O)N(C)[C@@H](CC(C)C)C(=O)O[C@H](C)C(=O)N1C. The highest BCUT2D eigenvalue weighted by Gasteiger charge is 2.43. The Balaban J connectivity index is 1.86. The van der Waals surface area contributed by atoms with Crippen LogP contribution in [-0.2, 0) is 82.9 Å². The smallest absolute Gasteiger partial charge is 0.449 e. The first-order chi connectivity index (χ1) is 36.4. The van der Waals surface area contributed by atoms with Crippen molar-refractivity contribution in [2.24, 2.45) is 23.7 Å². The summed E-state index contributed by atoms with van der Waals surface area (Å²) < 4.78 is 65.7. The number of carbonyl (C=O) groups excluding carboxylic acids is 8. The van der Waals surface area contributed by atoms with Crippen LogP contribution in [0.2, 0.25) is 0 Å². The molecule has 2 heterocycles. The molecule has 1 fully saturated rings. The van der Waals surface area contributed by atoms with E-state index in [4.69, 9.17) is 18.9 Å². The average Bonchev–Trinajstić information content (AvgIpc) is 3.85. The number of esters is 4. The molecule has 1 saturated heterocycles. The van der Waals surface area contributed by atoms with Crippen LogP contribution in [0.1, 0.15) is 117 Å². The Morgan fingerprint density at radius 1 is 0.474 bits per heavy atom. The fraction of sp³-hybridized carbons (Fsp3) is 0.596. The number of rotatable bonds is 14. The zero-order valence-electron chi connectivity index (χ0n) is 47.4. The summed E-state index contributed by atoms with van der Waals surface area (Å²) in [5.41, 5.74) is 1.47. The van der Waals surface area contributed by atoms with E-state index in [1.807, 2.05) is 27.7 Å². The van der Waals surface area contributed by atoms with Crippen LogP contribution in [0.15, 0.2) is 67.0 Å². The number of halogens is 3. The molecule has 78 heavy (non-hydrogen) atoms. The van der Waals surface area contributed by atoms with Crippen LogP contribution in [0.25, 0.3) is 0 Å². The molecule has 0 saturated carbocycles. The molecule has 4 amide bonds. The Morgan fingerprint density at radius 2 is 0.795 bits per heavy atom. The maximum Gasteiger partial charge on any atom is 0.449 e. The molecular weight excluding hydrogens is 1020 g/mol. The molecule has 0 radical (unpaired) electrons. The first-order valence-electron chi connectivity index (χ1n) is 26.5. The van der Waals surface area contributed by atoms with Gasteiger partial charge in [0.15, 0.2) is 24.4 Å². The molecule has 1 aliphatic heterocycles. The first kappa shape index (κ1) is 63.7. The lowest BCUT2D eigenvalue weighted by molar-refractivity contribution is -0.176. The van der Waals surface area contributed by atoms with Gasteiger partial charge in [-0.25, -0.2) is 24.2 Å². The summed E-state index contributed by atoms with van der Waals surface area (Å²) in [4.78, 5) is 124. The Morgan fingerprint density at radius 3 is 1.14 bits per heavy atom. The number of nitrogens with zero attached hydrogens (tertiary/aromatic N) is 6. The third kappa shape index (κ3) is 17.6. The standard InChI is InChI=1S/C57H79F3N6O12/c1-33(2)26-42-52(71)75-38(10)49(68)63(12)45(29-36(7)8)55(74)78-47(31-40-20-22-41(23-21-40)32-66-25-24-61-56(66)57(58,59)60)51(70)65(14)43(27-34(3)4)53(72)76-37(9)48(67)62(11)44(28-35(5)6)54(73)77-46(50(69)64(42)13)30-39-18-16-15-17-19-39/h15-25,33-38,42-47H,26-32H2,1-14H3/t37-,38-,42+,43+,44+,45+,46-,47-/m1/s1. The van der Waals surface area contributed by atoms with Gasteiger partial charge in [-0.1, -0.05) is 110 Å². The topological polar surface area (TPSA) is 204 Å². The van der Waals surface area contributed by atoms with Gasteiger partial charge in [-0.15, -0.1) is 0 Å². The Kier molecular flexibility index (Phi) is 23.0. The maximum atomic E-state index is 14.9. The highest BCUT2D eigenvalue weighted by Crippen LogP contribution is 2.29. The van der Waals surface area contributed by atoms with Gasteiger partial charge in [0.2, 0.25) is 5.82 Å². The average molecular weight is 1100 g/mol. The molecule has 4 rings (SSSR count). The van der Waals surface area contributed by atoms with Crippen molar-refractivity contribution in [1.82, 2.24) is 29.2 Å². The number of imidazole rings is 1. The first-order valence-corrected chi connectivity index (χ1v) is 26.5. The second-order valence-electron chi connectivity index (χ2n) is 22.0. The van der Waals surface area contributed by atoms with Crippen molar-refractivity contribution in [3.63, 3.8) is 0 Å². The van der Waals surface area contributed by atoms with Crippen LogP contribution in [0, 0.1) is 23.7 Å². The number of aromatic nitrogens is 2. The van der Waals surface area contributed by atoms with E-state index in [1.54, 1.807) is 82.3 Å². The van der Waals surface area contributed by atoms with E-state index >= 15 is 0 Å². The molecule has 0 bridgehead atoms. The predicted octanol–water partition coefficient (Wildman–Crippen LogP) is 6.93. The fourth-order valence-corrected chi connectivity index (χ4v) is 9.19. The van der Waals surface area contributed by atoms with Gasteiger partial charge in [-0.2, -0.15) is 13.2 Å². The van der Waals surface area contributed by atoms with Crippen LogP contribution >= 0.6 is 0 Å². The number of alkyl halides is 3. The molecule has 0 aliphatic carbocycles. The van der Waals surface area contributed by atoms with Gasteiger partial charge in [0.25, 0.3) is 23.6 Å². The third-order valence-corrected chi connectivity index (χ3v) is 13.5. The minimum atomic E-state index is -4.70. The molecule has 1 aliphatic rings. The van der Waals surface area contributed by atoms with Crippen molar-refractivity contribution in [1.29, 1.82) is 0 Å². The maximum absolute atomic E-state index is 14.9. The number of ether oxygens (including phenoxy) is 4. The van der Waals surface area contributed by atoms with Crippen molar-refractivity contribution >= 4 is 47.5 Å². The van der Waals surface area contributed by atoms with Gasteiger partial charge >= 0.3 is 30.1 Å². The van der Waals surface area contributed by atoms with Gasteiger partial charge in [0.1, 0.15) is 24.2 Å². The van der Waals surface area contributed by atoms with E-state index in [1.165, 1.54) is 48.2 Å². The van der Waals surface area contributed by atoms with Gasteiger partial charge in [0.05, 0.1) is 0 Å². The highest BCUT2D eigenvalue weighted by atomic mass is 19.4. The van der Waals surface area contributed by atoms with Crippen molar-refractivity contribution in [3.8, 4) is 0 Å². The van der Waals surface area contributed by atoms with Crippen LogP contribution in [-0.4, -0.2) is 153 Å². The summed E-state index contributed by atoms with van der Waals surface area (Å²) in [5.74, 6) is -9.15. The van der Waals surface area contributed by atoms with Crippen LogP contribution in [0.5, 0.6) is 0 Å². The minimum Gasteiger partial charge on any atom is -0.451 e. The molecule has 2 aromatic carbocycles. The zero-order valence-corrected chi connectivity index (χ0v) is 47.4. The molecule has 3 aromatic rings. The lowest BCUT2D eigenvalue weighted by atomic mass is 9.99. The molecule has 21 heteroatoms. The summed E-state index contributed by atoms with van der Waals surface area (Å²) in [6, 6.07) is 9.60. The number of benzene rings is 2. The molecule has 0 N–H and O–H groups in total. The number of likely N-dealkylation sites (N-methyl/N-ethyl adjacent to an activating group) is 4. The number of cyclic esters (lactones) is 4. The van der Waals surface area contributed by atoms with Crippen molar-refractivity contribution in [2.75, 3.05) is 28.2 Å². The van der Waals surface area contributed by atoms with E-state index in [9.17, 15) is 51.5 Å². The quantitative estimate of drug-likeness (QED) is 0.119. The van der Waals surface area contributed by atoms with Gasteiger partial charge in [-0.05, 0) is 79.9 Å². The predicted molar refractivity (Wildman–Crippen MR) is 282 cm³/mol. The van der Waals surface area contributed by atoms with E-state index in [2.05, 4.69) is 4.98 Å². The minimum absolute atomic E-state index is 0.0107. The second-order valence-corrected chi connectivity index (χ2v) is 22.0. The summed E-state index contributed by atoms with van der Waals surface area (Å²) in [7, 11) is 5.34. The number of amides is 4. The van der Waals surface area contributed by atoms with Crippen molar-refractivity contribution in [2.45, 2.75) is 169 Å². The molecule has 0 spiro atoms. The molecule has 1 aromatic heterocycles. The van der Waals surface area contributed by atoms with Gasteiger partial charge < -0.3 is 43.1 Å². The second kappa shape index (κ2) is 28.2. The highest BCUT2D eigenvalue weighted by molar-refractivity contribution is 5.94. The lowest BCUT2D eigenvalue weighted by Crippen LogP contribution is -2.55. The number of carbonyl (C=O) groups is 8. The number of hydrogen-bond acceptors (Lipinski definition) is 13. The Hall–Kier alpha value is -6.80. The monoisotopic (exact) mass is 1100 g/mol. The summed E-state index contributed by atoms with van der Waals surface area (Å²) in [5, 5.41) is 0.